The van der Waals surface area contributed by atoms with Crippen molar-refractivity contribution < 1.29 is 0 Å². The van der Waals surface area contributed by atoms with Crippen LogP contribution in [0.5, 0.6) is 0 Å². The van der Waals surface area contributed by atoms with Crippen LogP contribution >= 0.6 is 0 Å². The summed E-state index contributed by atoms with van der Waals surface area (Å²) in [4.78, 5) is 0. The minimum absolute atomic E-state index is 0.193. The van der Waals surface area contributed by atoms with Crippen molar-refractivity contribution in [2.45, 2.75) is 38.8 Å². The molecule has 0 fully saturated rings. The van der Waals surface area contributed by atoms with Crippen molar-refractivity contribution in [2.24, 2.45) is 5.73 Å². The van der Waals surface area contributed by atoms with Gasteiger partial charge in [0.25, 0.3) is 0 Å². The van der Waals surface area contributed by atoms with Gasteiger partial charge in [0.15, 0.2) is 0 Å². The second-order valence-electron chi connectivity index (χ2n) is 2.81. The number of hydrogen-bond donors (Lipinski definition) is 2. The van der Waals surface area contributed by atoms with Gasteiger partial charge in [-0.25, -0.2) is 0 Å². The molecule has 0 rings (SSSR count). The van der Waals surface area contributed by atoms with E-state index >= 15 is 0 Å². The van der Waals surface area contributed by atoms with E-state index in [9.17, 15) is 0 Å². The third-order valence-corrected chi connectivity index (χ3v) is 1.62. The summed E-state index contributed by atoms with van der Waals surface area (Å²) in [6.45, 7) is 4.81. The molecule has 0 saturated carbocycles. The highest BCUT2D eigenvalue weighted by Crippen LogP contribution is 1.95. The zero-order valence-corrected chi connectivity index (χ0v) is 7.43. The topological polar surface area (TPSA) is 38.0 Å². The van der Waals surface area contributed by atoms with Crippen LogP contribution in [-0.4, -0.2) is 18.6 Å². The third kappa shape index (κ3) is 4.83. The minimum Gasteiger partial charge on any atom is -0.329 e. The van der Waals surface area contributed by atoms with E-state index < -0.39 is 0 Å². The molecule has 64 valence electrons. The van der Waals surface area contributed by atoms with Gasteiger partial charge in [-0.1, -0.05) is 19.3 Å². The first-order valence-electron chi connectivity index (χ1n) is 4.16. The Labute approximate surface area is 69.5 Å². The summed E-state index contributed by atoms with van der Waals surface area (Å²) < 4.78 is 0. The number of hydrogen-bond acceptors (Lipinski definition) is 2. The van der Waals surface area contributed by atoms with Crippen molar-refractivity contribution in [3.63, 3.8) is 0 Å². The fraction of sp³-hybridized carbons (Fsp3) is 0.778. The van der Waals surface area contributed by atoms with Crippen molar-refractivity contribution in [3.8, 4) is 12.3 Å². The average molecular weight is 154 g/mol. The Morgan fingerprint density at radius 1 is 1.64 bits per heavy atom. The van der Waals surface area contributed by atoms with Crippen LogP contribution in [0.15, 0.2) is 0 Å². The van der Waals surface area contributed by atoms with Gasteiger partial charge in [-0.05, 0) is 13.3 Å². The zero-order chi connectivity index (χ0) is 8.69. The van der Waals surface area contributed by atoms with Crippen molar-refractivity contribution in [1.29, 1.82) is 0 Å². The van der Waals surface area contributed by atoms with Gasteiger partial charge in [0, 0.05) is 12.6 Å². The van der Waals surface area contributed by atoms with Gasteiger partial charge in [-0.15, -0.1) is 6.42 Å². The molecule has 2 atom stereocenters. The fourth-order valence-corrected chi connectivity index (χ4v) is 0.915. The molecular formula is C9H18N2. The monoisotopic (exact) mass is 154 g/mol. The van der Waals surface area contributed by atoms with E-state index in [2.05, 4.69) is 18.2 Å². The van der Waals surface area contributed by atoms with Crippen LogP contribution in [0.2, 0.25) is 0 Å². The molecule has 0 spiro atoms. The minimum atomic E-state index is 0.193. The predicted molar refractivity (Wildman–Crippen MR) is 49.2 cm³/mol. The molecule has 0 aromatic rings. The molecule has 0 aliphatic heterocycles. The van der Waals surface area contributed by atoms with Crippen LogP contribution < -0.4 is 11.1 Å². The van der Waals surface area contributed by atoms with E-state index in [0.29, 0.717) is 12.6 Å². The summed E-state index contributed by atoms with van der Waals surface area (Å²) in [5, 5.41) is 3.26. The third-order valence-electron chi connectivity index (χ3n) is 1.62. The van der Waals surface area contributed by atoms with E-state index in [1.54, 1.807) is 0 Å². The maximum absolute atomic E-state index is 5.44. The molecule has 0 aliphatic carbocycles. The molecule has 0 aromatic carbocycles. The first-order chi connectivity index (χ1) is 5.24. The van der Waals surface area contributed by atoms with Gasteiger partial charge >= 0.3 is 0 Å². The van der Waals surface area contributed by atoms with Crippen LogP contribution in [0.4, 0.5) is 0 Å². The van der Waals surface area contributed by atoms with Crippen molar-refractivity contribution in [2.75, 3.05) is 6.54 Å². The number of nitrogens with two attached hydrogens (primary N) is 1. The fourth-order valence-electron chi connectivity index (χ4n) is 0.915. The van der Waals surface area contributed by atoms with Gasteiger partial charge in [0.05, 0.1) is 6.04 Å². The Morgan fingerprint density at radius 2 is 2.27 bits per heavy atom. The van der Waals surface area contributed by atoms with E-state index in [1.807, 2.05) is 6.92 Å². The molecule has 3 N–H and O–H groups in total. The maximum Gasteiger partial charge on any atom is 0.0689 e. The molecule has 0 saturated heterocycles. The molecule has 0 radical (unpaired) electrons. The molecule has 0 heterocycles. The molecule has 11 heavy (non-hydrogen) atoms. The molecule has 0 aromatic heterocycles. The van der Waals surface area contributed by atoms with Crippen LogP contribution in [0.3, 0.4) is 0 Å². The summed E-state index contributed by atoms with van der Waals surface area (Å²) in [5.74, 6) is 2.70. The summed E-state index contributed by atoms with van der Waals surface area (Å²) in [5.41, 5.74) is 5.44. The Bertz CT molecular complexity index is 126. The van der Waals surface area contributed by atoms with Crippen molar-refractivity contribution >= 4 is 0 Å². The van der Waals surface area contributed by atoms with Gasteiger partial charge in [0.2, 0.25) is 0 Å². The number of rotatable bonds is 5. The Kier molecular flexibility index (Phi) is 5.91. The Morgan fingerprint density at radius 3 is 2.64 bits per heavy atom. The van der Waals surface area contributed by atoms with Gasteiger partial charge < -0.3 is 5.73 Å². The van der Waals surface area contributed by atoms with Gasteiger partial charge in [-0.3, -0.25) is 5.32 Å². The van der Waals surface area contributed by atoms with Gasteiger partial charge in [0.1, 0.15) is 0 Å². The van der Waals surface area contributed by atoms with E-state index in [1.165, 1.54) is 0 Å². The van der Waals surface area contributed by atoms with Crippen molar-refractivity contribution in [3.05, 3.63) is 0 Å². The predicted octanol–water partition coefficient (Wildman–Crippen LogP) is 0.725. The van der Waals surface area contributed by atoms with Crippen LogP contribution in [0, 0.1) is 12.3 Å². The maximum atomic E-state index is 5.44. The highest BCUT2D eigenvalue weighted by molar-refractivity contribution is 4.99. The van der Waals surface area contributed by atoms with E-state index in [-0.39, 0.29) is 6.04 Å². The lowest BCUT2D eigenvalue weighted by Gasteiger charge is -2.16. The number of nitrogens with one attached hydrogen (secondary N) is 1. The SMILES string of the molecule is C#CC(CCC)NC(C)CN. The summed E-state index contributed by atoms with van der Waals surface area (Å²) >= 11 is 0. The van der Waals surface area contributed by atoms with Crippen LogP contribution in [-0.2, 0) is 0 Å². The smallest absolute Gasteiger partial charge is 0.0689 e. The first-order valence-corrected chi connectivity index (χ1v) is 4.16. The molecule has 0 aliphatic rings. The number of terminal acetylenes is 1. The van der Waals surface area contributed by atoms with E-state index in [0.717, 1.165) is 12.8 Å². The standard InChI is InChI=1S/C9H18N2/c1-4-6-9(5-2)11-8(3)7-10/h2,8-9,11H,4,6-7,10H2,1,3H3. The first kappa shape index (κ1) is 10.5. The second kappa shape index (κ2) is 6.21. The largest absolute Gasteiger partial charge is 0.329 e. The van der Waals surface area contributed by atoms with Crippen LogP contribution in [0.25, 0.3) is 0 Å². The molecule has 0 bridgehead atoms. The van der Waals surface area contributed by atoms with Crippen LogP contribution in [0.1, 0.15) is 26.7 Å². The zero-order valence-electron chi connectivity index (χ0n) is 7.43. The summed E-state index contributed by atoms with van der Waals surface area (Å²) in [7, 11) is 0. The van der Waals surface area contributed by atoms with E-state index in [4.69, 9.17) is 12.2 Å². The Balaban J connectivity index is 3.61. The lowest BCUT2D eigenvalue weighted by molar-refractivity contribution is 0.487. The lowest BCUT2D eigenvalue weighted by atomic mass is 10.1. The van der Waals surface area contributed by atoms with Crippen molar-refractivity contribution in [1.82, 2.24) is 5.32 Å². The summed E-state index contributed by atoms with van der Waals surface area (Å²) in [6.07, 6.45) is 7.45. The molecule has 2 heteroatoms. The summed E-state index contributed by atoms with van der Waals surface area (Å²) in [6, 6.07) is 0.515. The molecule has 2 nitrogen and oxygen atoms in total. The average Bonchev–Trinajstić information content (AvgIpc) is 2.03. The Hall–Kier alpha value is -0.520. The lowest BCUT2D eigenvalue weighted by Crippen LogP contribution is -2.39. The molecule has 0 amide bonds. The highest BCUT2D eigenvalue weighted by atomic mass is 15.0. The highest BCUT2D eigenvalue weighted by Gasteiger charge is 2.05. The molecular weight excluding hydrogens is 136 g/mol. The molecule has 2 unspecified atom stereocenters. The van der Waals surface area contributed by atoms with Gasteiger partial charge in [-0.2, -0.15) is 0 Å². The normalized spacial score (nSPS) is 15.5. The quantitative estimate of drug-likeness (QED) is 0.573. The second-order valence-corrected chi connectivity index (χ2v) is 2.81.